The first kappa shape index (κ1) is 19.4. The third-order valence-corrected chi connectivity index (χ3v) is 6.53. The smallest absolute Gasteiger partial charge is 0.226 e. The van der Waals surface area contributed by atoms with Gasteiger partial charge >= 0.3 is 0 Å². The molecule has 1 saturated carbocycles. The molecule has 3 aromatic rings. The van der Waals surface area contributed by atoms with Crippen molar-refractivity contribution in [2.45, 2.75) is 38.4 Å². The summed E-state index contributed by atoms with van der Waals surface area (Å²) in [7, 11) is 0. The summed E-state index contributed by atoms with van der Waals surface area (Å²) in [4.78, 5) is 25.3. The lowest BCUT2D eigenvalue weighted by atomic mass is 10.0. The average molecular weight is 465 g/mol. The van der Waals surface area contributed by atoms with Crippen LogP contribution in [0.1, 0.15) is 29.7 Å². The van der Waals surface area contributed by atoms with E-state index in [4.69, 9.17) is 0 Å². The van der Waals surface area contributed by atoms with Gasteiger partial charge in [-0.25, -0.2) is 4.98 Å². The Labute approximate surface area is 185 Å². The molecule has 2 aliphatic rings. The number of carbonyl (C=O) groups is 1. The molecular weight excluding hydrogens is 440 g/mol. The van der Waals surface area contributed by atoms with Crippen LogP contribution in [0.3, 0.4) is 0 Å². The average Bonchev–Trinajstić information content (AvgIpc) is 3.50. The molecule has 6 heteroatoms. The SMILES string of the molecule is O=C(C1CC1)N1Cc2cc(Br)ccc2N(Cc2cnc[nH]2)CC1Cc1ccccc1. The fraction of sp³-hybridized carbons (Fsp3) is 0.333. The fourth-order valence-corrected chi connectivity index (χ4v) is 4.77. The number of carbonyl (C=O) groups excluding carboxylic acids is 1. The normalized spacial score (nSPS) is 18.8. The van der Waals surface area contributed by atoms with Crippen LogP contribution in [0.5, 0.6) is 0 Å². The molecule has 2 aromatic carbocycles. The Balaban J connectivity index is 1.52. The van der Waals surface area contributed by atoms with Gasteiger partial charge in [0, 0.05) is 35.4 Å². The number of hydrogen-bond donors (Lipinski definition) is 1. The van der Waals surface area contributed by atoms with Crippen molar-refractivity contribution in [2.75, 3.05) is 11.4 Å². The van der Waals surface area contributed by atoms with Crippen molar-refractivity contribution in [1.82, 2.24) is 14.9 Å². The molecule has 1 N–H and O–H groups in total. The fourth-order valence-electron chi connectivity index (χ4n) is 4.36. The van der Waals surface area contributed by atoms with Gasteiger partial charge in [0.2, 0.25) is 5.91 Å². The van der Waals surface area contributed by atoms with Gasteiger partial charge in [-0.3, -0.25) is 4.79 Å². The van der Waals surface area contributed by atoms with E-state index < -0.39 is 0 Å². The van der Waals surface area contributed by atoms with Gasteiger partial charge in [-0.15, -0.1) is 0 Å². The molecule has 0 spiro atoms. The molecule has 5 nitrogen and oxygen atoms in total. The van der Waals surface area contributed by atoms with Gasteiger partial charge in [0.15, 0.2) is 0 Å². The maximum absolute atomic E-state index is 13.3. The molecule has 0 bridgehead atoms. The Morgan fingerprint density at radius 1 is 1.17 bits per heavy atom. The Morgan fingerprint density at radius 2 is 2.00 bits per heavy atom. The van der Waals surface area contributed by atoms with E-state index in [2.05, 4.69) is 78.2 Å². The molecule has 1 atom stereocenters. The molecule has 1 aliphatic heterocycles. The summed E-state index contributed by atoms with van der Waals surface area (Å²) in [6.45, 7) is 2.19. The number of fused-ring (bicyclic) bond motifs is 1. The van der Waals surface area contributed by atoms with Crippen molar-refractivity contribution >= 4 is 27.5 Å². The number of amides is 1. The van der Waals surface area contributed by atoms with Gasteiger partial charge in [-0.05, 0) is 48.6 Å². The van der Waals surface area contributed by atoms with Crippen LogP contribution in [0.4, 0.5) is 5.69 Å². The number of nitrogens with zero attached hydrogens (tertiary/aromatic N) is 3. The van der Waals surface area contributed by atoms with E-state index in [1.807, 2.05) is 12.3 Å². The summed E-state index contributed by atoms with van der Waals surface area (Å²) in [5, 5.41) is 0. The van der Waals surface area contributed by atoms with Gasteiger partial charge in [-0.2, -0.15) is 0 Å². The third kappa shape index (κ3) is 4.15. The molecule has 1 unspecified atom stereocenters. The van der Waals surface area contributed by atoms with Crippen LogP contribution in [0.2, 0.25) is 0 Å². The quantitative estimate of drug-likeness (QED) is 0.602. The molecule has 1 amide bonds. The van der Waals surface area contributed by atoms with Crippen molar-refractivity contribution in [3.8, 4) is 0 Å². The largest absolute Gasteiger partial charge is 0.363 e. The second kappa shape index (κ2) is 8.26. The minimum absolute atomic E-state index is 0.120. The molecular formula is C24H25BrN4O. The van der Waals surface area contributed by atoms with Gasteiger partial charge in [0.25, 0.3) is 0 Å². The summed E-state index contributed by atoms with van der Waals surface area (Å²) in [6, 6.07) is 17.1. The maximum Gasteiger partial charge on any atom is 0.226 e. The summed E-state index contributed by atoms with van der Waals surface area (Å²) in [6.07, 6.45) is 6.50. The number of nitrogens with one attached hydrogen (secondary N) is 1. The number of halogens is 1. The van der Waals surface area contributed by atoms with Crippen molar-refractivity contribution in [2.24, 2.45) is 5.92 Å². The number of aromatic amines is 1. The summed E-state index contributed by atoms with van der Waals surface area (Å²) in [5.74, 6) is 0.517. The topological polar surface area (TPSA) is 52.2 Å². The predicted molar refractivity (Wildman–Crippen MR) is 121 cm³/mol. The van der Waals surface area contributed by atoms with Gasteiger partial charge in [0.1, 0.15) is 0 Å². The van der Waals surface area contributed by atoms with E-state index in [0.717, 1.165) is 42.5 Å². The van der Waals surface area contributed by atoms with Crippen LogP contribution in [0.15, 0.2) is 65.5 Å². The predicted octanol–water partition coefficient (Wildman–Crippen LogP) is 4.54. The Kier molecular flexibility index (Phi) is 5.34. The molecule has 0 radical (unpaired) electrons. The van der Waals surface area contributed by atoms with E-state index in [1.165, 1.54) is 16.8 Å². The summed E-state index contributed by atoms with van der Waals surface area (Å²) < 4.78 is 1.04. The van der Waals surface area contributed by atoms with Crippen LogP contribution < -0.4 is 4.90 Å². The second-order valence-corrected chi connectivity index (χ2v) is 9.23. The monoisotopic (exact) mass is 464 g/mol. The molecule has 5 rings (SSSR count). The molecule has 1 aromatic heterocycles. The second-order valence-electron chi connectivity index (χ2n) is 8.31. The number of rotatable bonds is 5. The van der Waals surface area contributed by atoms with E-state index in [1.54, 1.807) is 6.33 Å². The highest BCUT2D eigenvalue weighted by Crippen LogP contribution is 2.36. The standard InChI is InChI=1S/C24H25BrN4O/c25-20-8-9-23-19(11-20)13-29(24(30)18-6-7-18)22(10-17-4-2-1-3-5-17)15-28(23)14-21-12-26-16-27-21/h1-5,8-9,11-12,16,18,22H,6-7,10,13-15H2,(H,26,27). The Morgan fingerprint density at radius 3 is 2.73 bits per heavy atom. The molecule has 1 aliphatic carbocycles. The van der Waals surface area contributed by atoms with Crippen molar-refractivity contribution < 1.29 is 4.79 Å². The number of aromatic nitrogens is 2. The number of anilines is 1. The van der Waals surface area contributed by atoms with Crippen LogP contribution in [-0.4, -0.2) is 33.4 Å². The minimum Gasteiger partial charge on any atom is -0.363 e. The number of hydrogen-bond acceptors (Lipinski definition) is 3. The van der Waals surface area contributed by atoms with E-state index in [9.17, 15) is 4.79 Å². The molecule has 0 saturated heterocycles. The maximum atomic E-state index is 13.3. The first-order valence-corrected chi connectivity index (χ1v) is 11.3. The van der Waals surface area contributed by atoms with Crippen LogP contribution in [0, 0.1) is 5.92 Å². The molecule has 154 valence electrons. The highest BCUT2D eigenvalue weighted by atomic mass is 79.9. The van der Waals surface area contributed by atoms with Crippen molar-refractivity contribution in [1.29, 1.82) is 0 Å². The minimum atomic E-state index is 0.120. The lowest BCUT2D eigenvalue weighted by Gasteiger charge is -2.33. The highest BCUT2D eigenvalue weighted by Gasteiger charge is 2.38. The zero-order valence-electron chi connectivity index (χ0n) is 16.8. The first-order chi connectivity index (χ1) is 14.7. The van der Waals surface area contributed by atoms with Gasteiger partial charge in [-0.1, -0.05) is 46.3 Å². The number of H-pyrrole nitrogens is 1. The van der Waals surface area contributed by atoms with Crippen LogP contribution >= 0.6 is 15.9 Å². The van der Waals surface area contributed by atoms with Crippen molar-refractivity contribution in [3.63, 3.8) is 0 Å². The van der Waals surface area contributed by atoms with Crippen molar-refractivity contribution in [3.05, 3.63) is 82.3 Å². The van der Waals surface area contributed by atoms with Crippen LogP contribution in [0.25, 0.3) is 0 Å². The lowest BCUT2D eigenvalue weighted by molar-refractivity contribution is -0.135. The zero-order valence-corrected chi connectivity index (χ0v) is 18.4. The summed E-state index contributed by atoms with van der Waals surface area (Å²) >= 11 is 3.63. The van der Waals surface area contributed by atoms with Gasteiger partial charge in [0.05, 0.1) is 24.6 Å². The van der Waals surface area contributed by atoms with Gasteiger partial charge < -0.3 is 14.8 Å². The van der Waals surface area contributed by atoms with E-state index in [0.29, 0.717) is 12.5 Å². The summed E-state index contributed by atoms with van der Waals surface area (Å²) in [5.41, 5.74) is 4.72. The lowest BCUT2D eigenvalue weighted by Crippen LogP contribution is -2.46. The molecule has 30 heavy (non-hydrogen) atoms. The van der Waals surface area contributed by atoms with Crippen LogP contribution in [-0.2, 0) is 24.3 Å². The van der Waals surface area contributed by atoms with E-state index >= 15 is 0 Å². The van der Waals surface area contributed by atoms with E-state index in [-0.39, 0.29) is 12.0 Å². The molecule has 1 fully saturated rings. The zero-order chi connectivity index (χ0) is 20.5. The first-order valence-electron chi connectivity index (χ1n) is 10.5. The Hall–Kier alpha value is -2.60. The Bertz CT molecular complexity index is 1020. The number of benzene rings is 2. The highest BCUT2D eigenvalue weighted by molar-refractivity contribution is 9.10. The third-order valence-electron chi connectivity index (χ3n) is 6.03. The number of imidazole rings is 1. The molecule has 2 heterocycles.